The molecule has 5 N–H and O–H groups in total. The molecule has 0 aromatic rings. The van der Waals surface area contributed by atoms with Crippen molar-refractivity contribution in [3.05, 3.63) is 0 Å². The van der Waals surface area contributed by atoms with Crippen molar-refractivity contribution in [2.24, 2.45) is 113 Å². The fourth-order valence-electron chi connectivity index (χ4n) is 10.0. The highest BCUT2D eigenvalue weighted by Crippen LogP contribution is 2.41. The third-order valence-electron chi connectivity index (χ3n) is 22.2. The van der Waals surface area contributed by atoms with Gasteiger partial charge in [0.15, 0.2) is 0 Å². The fraction of sp³-hybridized carbons (Fsp3) is 1.00. The Morgan fingerprint density at radius 2 is 0.432 bits per heavy atom. The largest absolute Gasteiger partial charge is 0.390 e. The monoisotopic (exact) mass is 1370 g/mol. The standard InChI is InChI=1S/2C11H24O.C10H22O.C10H22.C9H19F.C9H21N.3C9H20O/c2*1-7-8-12-10(3)9(2)11(4,5)6;1-7-11-9(3)8(2)10(4,5)6;1-8(9(2,3)4)10(5,6)7;5*1-7(8(2,3)4)9(5,6)10/h2*9-10H,7-8H2,1-6H3;8-9H,7H2,1-6H3;8H,1-7H3;7H,1-6H3;7H,10H2,1-6H3;3*7,10H,1-6H3/t9-,10+;9-,10-;8-,9+;;7-;;3*7-/m001.1.100/s1. The van der Waals surface area contributed by atoms with Gasteiger partial charge in [-0.1, -0.05) is 284 Å². The molecule has 0 aliphatic heterocycles. The van der Waals surface area contributed by atoms with E-state index < -0.39 is 22.5 Å². The summed E-state index contributed by atoms with van der Waals surface area (Å²) in [6.45, 7) is 120. The second-order valence-electron chi connectivity index (χ2n) is 43.0. The van der Waals surface area contributed by atoms with Crippen LogP contribution in [0.3, 0.4) is 0 Å². The van der Waals surface area contributed by atoms with Gasteiger partial charge in [0.25, 0.3) is 0 Å². The average Bonchev–Trinajstić information content (AvgIpc) is 0.889. The molecule has 0 saturated carbocycles. The van der Waals surface area contributed by atoms with Gasteiger partial charge in [-0.15, -0.1) is 0 Å². The van der Waals surface area contributed by atoms with Crippen molar-refractivity contribution in [1.29, 1.82) is 0 Å². The number of aliphatic hydroxyl groups is 3. The lowest BCUT2D eigenvalue weighted by atomic mass is 9.68. The minimum Gasteiger partial charge on any atom is -0.390 e. The Balaban J connectivity index is -0.000000125. The van der Waals surface area contributed by atoms with Crippen molar-refractivity contribution >= 4 is 0 Å². The maximum Gasteiger partial charge on any atom is 0.108 e. The summed E-state index contributed by atoms with van der Waals surface area (Å²) in [5.41, 5.74) is 6.09. The molecule has 7 nitrogen and oxygen atoms in total. The molecular formula is C87H192FNO6. The molecule has 0 saturated heterocycles. The smallest absolute Gasteiger partial charge is 0.108 e. The third-order valence-corrected chi connectivity index (χ3v) is 22.2. The van der Waals surface area contributed by atoms with Gasteiger partial charge in [0.2, 0.25) is 0 Å². The van der Waals surface area contributed by atoms with Crippen LogP contribution < -0.4 is 5.73 Å². The number of nitrogens with two attached hydrogens (primary N) is 1. The molecule has 0 aromatic heterocycles. The Kier molecular flexibility index (Phi) is 53.6. The minimum absolute atomic E-state index is 0.0573. The topological polar surface area (TPSA) is 114 Å². The molecular weight excluding hydrogens is 1170 g/mol. The van der Waals surface area contributed by atoms with Crippen molar-refractivity contribution < 1.29 is 33.9 Å². The van der Waals surface area contributed by atoms with E-state index in [0.29, 0.717) is 92.2 Å². The molecule has 95 heavy (non-hydrogen) atoms. The van der Waals surface area contributed by atoms with Crippen LogP contribution in [0.4, 0.5) is 4.39 Å². The lowest BCUT2D eigenvalue weighted by Crippen LogP contribution is -2.45. The van der Waals surface area contributed by atoms with Crippen LogP contribution in [0.1, 0.15) is 394 Å². The Morgan fingerprint density at radius 3 is 0.495 bits per heavy atom. The lowest BCUT2D eigenvalue weighted by molar-refractivity contribution is -0.0233. The Morgan fingerprint density at radius 1 is 0.263 bits per heavy atom. The zero-order chi connectivity index (χ0) is 80.1. The van der Waals surface area contributed by atoms with Crippen LogP contribution in [0.5, 0.6) is 0 Å². The highest BCUT2D eigenvalue weighted by Gasteiger charge is 2.37. The molecule has 0 rings (SSSR count). The maximum atomic E-state index is 13.3. The molecule has 0 aliphatic rings. The predicted octanol–water partition coefficient (Wildman–Crippen LogP) is 26.9. The summed E-state index contributed by atoms with van der Waals surface area (Å²) in [6.07, 6.45) is 3.36. The SMILES string of the molecule is CC(C(C)(C)C)C(C)(C)C.CC(C(C)(C)C)C(C)(C)N.CCCO[C@@H](C)[C@H](C)C(C)(C)C.CCCO[C@H](C)[C@H](C)C(C)(C)C.CCO[C@@H](C)[C@@H](C)C(C)(C)C.C[C@@H](C(C)(C)C)C(C)(C)O.C[C@@H](C(C)(C)C)C(C)(C)O.C[C@H](C(C)(C)C)C(C)(C)F.C[C@H](C(C)(C)C)C(C)(C)O. The van der Waals surface area contributed by atoms with Gasteiger partial charge in [0, 0.05) is 25.4 Å². The Bertz CT molecular complexity index is 1450. The molecule has 0 radical (unpaired) electrons. The molecule has 0 aromatic carbocycles. The van der Waals surface area contributed by atoms with Crippen molar-refractivity contribution in [3.63, 3.8) is 0 Å². The number of hydrogen-bond donors (Lipinski definition) is 4. The van der Waals surface area contributed by atoms with E-state index in [9.17, 15) is 19.7 Å². The van der Waals surface area contributed by atoms with Gasteiger partial charge in [0.1, 0.15) is 5.67 Å². The van der Waals surface area contributed by atoms with Crippen LogP contribution in [0.2, 0.25) is 0 Å². The van der Waals surface area contributed by atoms with Gasteiger partial charge in [0.05, 0.1) is 35.1 Å². The number of rotatable bonds is 16. The van der Waals surface area contributed by atoms with Gasteiger partial charge in [-0.2, -0.15) is 0 Å². The van der Waals surface area contributed by atoms with Gasteiger partial charge in [-0.05, 0) is 217 Å². The molecule has 588 valence electrons. The van der Waals surface area contributed by atoms with Crippen molar-refractivity contribution in [2.45, 2.75) is 440 Å². The van der Waals surface area contributed by atoms with E-state index in [1.807, 2.05) is 55.4 Å². The lowest BCUT2D eigenvalue weighted by Gasteiger charge is -2.38. The van der Waals surface area contributed by atoms with E-state index in [0.717, 1.165) is 38.6 Å². The van der Waals surface area contributed by atoms with Gasteiger partial charge >= 0.3 is 0 Å². The van der Waals surface area contributed by atoms with Crippen molar-refractivity contribution in [1.82, 2.24) is 0 Å². The first-order valence-electron chi connectivity index (χ1n) is 38.1. The summed E-state index contributed by atoms with van der Waals surface area (Å²) >= 11 is 0. The van der Waals surface area contributed by atoms with Crippen LogP contribution in [0, 0.1) is 107 Å². The molecule has 0 aliphatic carbocycles. The fourth-order valence-corrected chi connectivity index (χ4v) is 10.0. The van der Waals surface area contributed by atoms with Gasteiger partial charge in [-0.3, -0.25) is 0 Å². The molecule has 0 fully saturated rings. The second-order valence-corrected chi connectivity index (χ2v) is 43.0. The molecule has 11 atom stereocenters. The second kappa shape index (κ2) is 45.0. The van der Waals surface area contributed by atoms with Crippen LogP contribution in [-0.2, 0) is 14.2 Å². The first kappa shape index (κ1) is 113. The highest BCUT2D eigenvalue weighted by molar-refractivity contribution is 4.88. The first-order valence-corrected chi connectivity index (χ1v) is 38.1. The van der Waals surface area contributed by atoms with Crippen molar-refractivity contribution in [3.8, 4) is 0 Å². The maximum absolute atomic E-state index is 13.3. The molecule has 0 bridgehead atoms. The Labute approximate surface area is 603 Å². The highest BCUT2D eigenvalue weighted by atomic mass is 19.1. The normalized spacial score (nSPS) is 17.0. The van der Waals surface area contributed by atoms with E-state index in [2.05, 4.69) is 312 Å². The van der Waals surface area contributed by atoms with E-state index in [-0.39, 0.29) is 33.1 Å². The van der Waals surface area contributed by atoms with E-state index in [4.69, 9.17) is 19.9 Å². The first-order chi connectivity index (χ1) is 40.6. The van der Waals surface area contributed by atoms with E-state index in [1.165, 1.54) is 0 Å². The van der Waals surface area contributed by atoms with E-state index >= 15 is 0 Å². The number of hydrogen-bond acceptors (Lipinski definition) is 7. The van der Waals surface area contributed by atoms with Gasteiger partial charge < -0.3 is 35.3 Å². The average molecular weight is 1370 g/mol. The summed E-state index contributed by atoms with van der Waals surface area (Å²) in [5, 5.41) is 28.9. The summed E-state index contributed by atoms with van der Waals surface area (Å²) in [6, 6.07) is 0. The summed E-state index contributed by atoms with van der Waals surface area (Å²) < 4.78 is 30.2. The minimum atomic E-state index is -1.06. The molecule has 1 unspecified atom stereocenters. The molecule has 0 heterocycles. The van der Waals surface area contributed by atoms with Crippen LogP contribution in [-0.4, -0.2) is 81.5 Å². The van der Waals surface area contributed by atoms with E-state index in [1.54, 1.807) is 13.8 Å². The third kappa shape index (κ3) is 62.0. The molecule has 0 spiro atoms. The number of halogens is 1. The van der Waals surface area contributed by atoms with Crippen LogP contribution >= 0.6 is 0 Å². The Hall–Kier alpha value is -0.350. The summed E-state index contributed by atoms with van der Waals surface area (Å²) in [7, 11) is 0. The number of ether oxygens (including phenoxy) is 3. The molecule has 8 heteroatoms. The van der Waals surface area contributed by atoms with Gasteiger partial charge in [-0.25, -0.2) is 4.39 Å². The van der Waals surface area contributed by atoms with Crippen molar-refractivity contribution in [2.75, 3.05) is 19.8 Å². The molecule has 0 amide bonds. The van der Waals surface area contributed by atoms with Crippen LogP contribution in [0.15, 0.2) is 0 Å². The predicted molar refractivity (Wildman–Crippen MR) is 432 cm³/mol. The zero-order valence-corrected chi connectivity index (χ0v) is 76.5. The quantitative estimate of drug-likeness (QED) is 0.122. The zero-order valence-electron chi connectivity index (χ0n) is 76.5. The van der Waals surface area contributed by atoms with Crippen LogP contribution in [0.25, 0.3) is 0 Å². The summed E-state index contributed by atoms with van der Waals surface area (Å²) in [5.74, 6) is 4.20. The summed E-state index contributed by atoms with van der Waals surface area (Å²) in [4.78, 5) is 0. The number of alkyl halides is 1.